The predicted octanol–water partition coefficient (Wildman–Crippen LogP) is 5.62. The molecule has 0 aromatic heterocycles. The number of ether oxygens (including phenoxy) is 1. The van der Waals surface area contributed by atoms with Gasteiger partial charge in [0.1, 0.15) is 5.75 Å². The molecule has 1 N–H and O–H groups in total. The number of benzene rings is 1. The van der Waals surface area contributed by atoms with Crippen LogP contribution in [-0.2, 0) is 0 Å². The van der Waals surface area contributed by atoms with E-state index >= 15 is 0 Å². The van der Waals surface area contributed by atoms with Gasteiger partial charge in [-0.25, -0.2) is 0 Å². The highest BCUT2D eigenvalue weighted by Gasteiger charge is 2.37. The van der Waals surface area contributed by atoms with Crippen LogP contribution in [0.4, 0.5) is 0 Å². The minimum Gasteiger partial charge on any atom is -0.495 e. The third-order valence-corrected chi connectivity index (χ3v) is 5.31. The number of nitrogens with one attached hydrogen (secondary N) is 1. The van der Waals surface area contributed by atoms with Gasteiger partial charge >= 0.3 is 0 Å². The number of methoxy groups -OCH3 is 1. The molecule has 0 spiro atoms. The average molecular weight is 330 g/mol. The van der Waals surface area contributed by atoms with Crippen LogP contribution in [0.5, 0.6) is 5.75 Å². The molecule has 1 aromatic carbocycles. The monoisotopic (exact) mass is 329 g/mol. The standard InChI is InChI=1S/C17H25Cl2NO/c1-4-20-16(17(2)8-6-5-7-9-17)12-10-14(19)15(21-3)11-13(12)18/h10-11,16,20H,4-9H2,1-3H3. The van der Waals surface area contributed by atoms with Gasteiger partial charge in [-0.3, -0.25) is 0 Å². The van der Waals surface area contributed by atoms with Gasteiger partial charge in [0, 0.05) is 17.1 Å². The van der Waals surface area contributed by atoms with Crippen molar-refractivity contribution in [3.8, 4) is 5.75 Å². The first-order chi connectivity index (χ1) is 10.0. The molecular formula is C17H25Cl2NO. The highest BCUT2D eigenvalue weighted by molar-refractivity contribution is 6.34. The summed E-state index contributed by atoms with van der Waals surface area (Å²) < 4.78 is 5.25. The van der Waals surface area contributed by atoms with Crippen LogP contribution in [0.1, 0.15) is 57.6 Å². The molecule has 1 saturated carbocycles. The molecule has 0 saturated heterocycles. The number of rotatable bonds is 5. The van der Waals surface area contributed by atoms with E-state index in [4.69, 9.17) is 27.9 Å². The van der Waals surface area contributed by atoms with E-state index in [9.17, 15) is 0 Å². The molecule has 0 aliphatic heterocycles. The lowest BCUT2D eigenvalue weighted by Gasteiger charge is -2.42. The second kappa shape index (κ2) is 7.21. The van der Waals surface area contributed by atoms with E-state index < -0.39 is 0 Å². The van der Waals surface area contributed by atoms with Crippen LogP contribution < -0.4 is 10.1 Å². The van der Waals surface area contributed by atoms with Crippen molar-refractivity contribution in [3.63, 3.8) is 0 Å². The summed E-state index contributed by atoms with van der Waals surface area (Å²) in [6.07, 6.45) is 6.38. The molecule has 118 valence electrons. The van der Waals surface area contributed by atoms with Gasteiger partial charge in [0.05, 0.1) is 12.1 Å². The zero-order valence-corrected chi connectivity index (χ0v) is 14.7. The van der Waals surface area contributed by atoms with Gasteiger partial charge in [0.2, 0.25) is 0 Å². The topological polar surface area (TPSA) is 21.3 Å². The fourth-order valence-electron chi connectivity index (χ4n) is 3.51. The number of hydrogen-bond donors (Lipinski definition) is 1. The average Bonchev–Trinajstić information content (AvgIpc) is 2.47. The van der Waals surface area contributed by atoms with E-state index in [0.717, 1.165) is 17.1 Å². The molecule has 0 heterocycles. The summed E-state index contributed by atoms with van der Waals surface area (Å²) in [6.45, 7) is 5.42. The molecule has 2 rings (SSSR count). The van der Waals surface area contributed by atoms with Crippen molar-refractivity contribution in [1.29, 1.82) is 0 Å². The van der Waals surface area contributed by atoms with Crippen LogP contribution in [0.25, 0.3) is 0 Å². The second-order valence-electron chi connectivity index (χ2n) is 6.21. The SMILES string of the molecule is CCNC(c1cc(Cl)c(OC)cc1Cl)C1(C)CCCCC1. The highest BCUT2D eigenvalue weighted by atomic mass is 35.5. The molecule has 1 aromatic rings. The third kappa shape index (κ3) is 3.67. The first kappa shape index (κ1) is 16.9. The summed E-state index contributed by atoms with van der Waals surface area (Å²) in [7, 11) is 1.61. The quantitative estimate of drug-likeness (QED) is 0.756. The summed E-state index contributed by atoms with van der Waals surface area (Å²) in [4.78, 5) is 0. The maximum atomic E-state index is 6.51. The molecule has 4 heteroatoms. The van der Waals surface area contributed by atoms with E-state index in [2.05, 4.69) is 19.2 Å². The van der Waals surface area contributed by atoms with Crippen LogP contribution in [0.2, 0.25) is 10.0 Å². The minimum absolute atomic E-state index is 0.232. The van der Waals surface area contributed by atoms with Crippen LogP contribution in [-0.4, -0.2) is 13.7 Å². The number of halogens is 2. The van der Waals surface area contributed by atoms with Crippen molar-refractivity contribution in [2.75, 3.05) is 13.7 Å². The van der Waals surface area contributed by atoms with E-state index in [1.54, 1.807) is 7.11 Å². The fraction of sp³-hybridized carbons (Fsp3) is 0.647. The molecule has 1 aliphatic rings. The van der Waals surface area contributed by atoms with Crippen molar-refractivity contribution in [3.05, 3.63) is 27.7 Å². The smallest absolute Gasteiger partial charge is 0.138 e. The van der Waals surface area contributed by atoms with E-state index in [1.165, 1.54) is 32.1 Å². The third-order valence-electron chi connectivity index (χ3n) is 4.68. The van der Waals surface area contributed by atoms with Gasteiger partial charge in [-0.05, 0) is 36.4 Å². The molecule has 1 unspecified atom stereocenters. The van der Waals surface area contributed by atoms with Crippen molar-refractivity contribution < 1.29 is 4.74 Å². The Morgan fingerprint density at radius 2 is 1.86 bits per heavy atom. The number of hydrogen-bond acceptors (Lipinski definition) is 2. The van der Waals surface area contributed by atoms with Crippen molar-refractivity contribution >= 4 is 23.2 Å². The summed E-state index contributed by atoms with van der Waals surface area (Å²) in [5.41, 5.74) is 1.32. The lowest BCUT2D eigenvalue weighted by Crippen LogP contribution is -2.38. The Balaban J connectivity index is 2.40. The summed E-state index contributed by atoms with van der Waals surface area (Å²) in [5.74, 6) is 0.634. The zero-order chi connectivity index (χ0) is 15.5. The molecule has 0 radical (unpaired) electrons. The first-order valence-electron chi connectivity index (χ1n) is 7.78. The summed E-state index contributed by atoms with van der Waals surface area (Å²) in [5, 5.41) is 4.99. The Hall–Kier alpha value is -0.440. The van der Waals surface area contributed by atoms with Gasteiger partial charge in [-0.2, -0.15) is 0 Å². The van der Waals surface area contributed by atoms with Gasteiger partial charge in [0.15, 0.2) is 0 Å². The van der Waals surface area contributed by atoms with Gasteiger partial charge in [-0.1, -0.05) is 56.3 Å². The maximum absolute atomic E-state index is 6.51. The minimum atomic E-state index is 0.232. The lowest BCUT2D eigenvalue weighted by atomic mass is 9.68. The Labute approximate surface area is 138 Å². The molecule has 21 heavy (non-hydrogen) atoms. The zero-order valence-electron chi connectivity index (χ0n) is 13.1. The Morgan fingerprint density at radius 3 is 2.43 bits per heavy atom. The van der Waals surface area contributed by atoms with Crippen LogP contribution in [0, 0.1) is 5.41 Å². The van der Waals surface area contributed by atoms with Crippen LogP contribution in [0.3, 0.4) is 0 Å². The Morgan fingerprint density at radius 1 is 1.19 bits per heavy atom. The molecule has 1 fully saturated rings. The lowest BCUT2D eigenvalue weighted by molar-refractivity contribution is 0.146. The first-order valence-corrected chi connectivity index (χ1v) is 8.53. The van der Waals surface area contributed by atoms with Crippen molar-refractivity contribution in [2.45, 2.75) is 52.0 Å². The van der Waals surface area contributed by atoms with Crippen LogP contribution in [0.15, 0.2) is 12.1 Å². The molecule has 0 bridgehead atoms. The molecule has 2 nitrogen and oxygen atoms in total. The van der Waals surface area contributed by atoms with Crippen molar-refractivity contribution in [2.24, 2.45) is 5.41 Å². The Bertz CT molecular complexity index is 484. The predicted molar refractivity (Wildman–Crippen MR) is 90.6 cm³/mol. The summed E-state index contributed by atoms with van der Waals surface area (Å²) >= 11 is 12.8. The van der Waals surface area contributed by atoms with E-state index in [1.807, 2.05) is 12.1 Å². The fourth-order valence-corrected chi connectivity index (χ4v) is 4.02. The maximum Gasteiger partial charge on any atom is 0.138 e. The van der Waals surface area contributed by atoms with Gasteiger partial charge in [0.25, 0.3) is 0 Å². The normalized spacial score (nSPS) is 19.3. The van der Waals surface area contributed by atoms with Crippen molar-refractivity contribution in [1.82, 2.24) is 5.32 Å². The van der Waals surface area contributed by atoms with Gasteiger partial charge < -0.3 is 10.1 Å². The van der Waals surface area contributed by atoms with Crippen LogP contribution >= 0.6 is 23.2 Å². The molecule has 0 amide bonds. The van der Waals surface area contributed by atoms with E-state index in [-0.39, 0.29) is 11.5 Å². The molecular weight excluding hydrogens is 305 g/mol. The summed E-state index contributed by atoms with van der Waals surface area (Å²) in [6, 6.07) is 4.03. The van der Waals surface area contributed by atoms with Gasteiger partial charge in [-0.15, -0.1) is 0 Å². The molecule has 1 aliphatic carbocycles. The largest absolute Gasteiger partial charge is 0.495 e. The Kier molecular flexibility index (Phi) is 5.81. The molecule has 1 atom stereocenters. The highest BCUT2D eigenvalue weighted by Crippen LogP contribution is 2.48. The second-order valence-corrected chi connectivity index (χ2v) is 7.03. The van der Waals surface area contributed by atoms with E-state index in [0.29, 0.717) is 10.8 Å².